The fraction of sp³-hybridized carbons (Fsp3) is 0.600. The van der Waals surface area contributed by atoms with Gasteiger partial charge in [0, 0.05) is 37.1 Å². The van der Waals surface area contributed by atoms with Gasteiger partial charge < -0.3 is 19.5 Å². The van der Waals surface area contributed by atoms with E-state index in [1.807, 2.05) is 39.8 Å². The number of amides is 1. The lowest BCUT2D eigenvalue weighted by Gasteiger charge is -2.38. The Bertz CT molecular complexity index is 722. The van der Waals surface area contributed by atoms with E-state index in [1.165, 1.54) is 0 Å². The third-order valence-electron chi connectivity index (χ3n) is 5.09. The van der Waals surface area contributed by atoms with Gasteiger partial charge in [-0.2, -0.15) is 0 Å². The molecule has 142 valence electrons. The maximum Gasteiger partial charge on any atom is 0.410 e. The van der Waals surface area contributed by atoms with Gasteiger partial charge in [0.05, 0.1) is 5.56 Å². The lowest BCUT2D eigenvalue weighted by molar-refractivity contribution is 0.0102. The Balaban J connectivity index is 1.85. The van der Waals surface area contributed by atoms with Crippen molar-refractivity contribution in [2.45, 2.75) is 52.2 Å². The number of rotatable bonds is 2. The van der Waals surface area contributed by atoms with Crippen LogP contribution in [0.15, 0.2) is 12.1 Å². The maximum atomic E-state index is 12.5. The number of piperidine rings is 1. The summed E-state index contributed by atoms with van der Waals surface area (Å²) in [6, 6.07) is 3.77. The van der Waals surface area contributed by atoms with Crippen LogP contribution in [0.4, 0.5) is 4.79 Å². The van der Waals surface area contributed by atoms with Crippen molar-refractivity contribution < 1.29 is 24.2 Å². The number of fused-ring (bicyclic) bond motifs is 1. The van der Waals surface area contributed by atoms with Crippen molar-refractivity contribution in [1.29, 1.82) is 0 Å². The van der Waals surface area contributed by atoms with Gasteiger partial charge in [0.2, 0.25) is 0 Å². The molecule has 6 heteroatoms. The Morgan fingerprint density at radius 3 is 2.73 bits per heavy atom. The Labute approximate surface area is 154 Å². The van der Waals surface area contributed by atoms with Crippen LogP contribution >= 0.6 is 0 Å². The van der Waals surface area contributed by atoms with Gasteiger partial charge in [-0.15, -0.1) is 0 Å². The minimum absolute atomic E-state index is 0.00630. The minimum Gasteiger partial charge on any atom is -0.457 e. The molecule has 0 saturated carbocycles. The van der Waals surface area contributed by atoms with Gasteiger partial charge in [-0.25, -0.2) is 9.59 Å². The molecule has 2 atom stereocenters. The SMILES string of the molecule is Cc1c(C2CC(CO)CN(C(=O)OC(C)(C)C)C2)ccc2c1COC2=O. The maximum absolute atomic E-state index is 12.5. The molecular weight excluding hydrogens is 334 g/mol. The van der Waals surface area contributed by atoms with E-state index in [4.69, 9.17) is 9.47 Å². The van der Waals surface area contributed by atoms with E-state index in [0.717, 1.165) is 23.1 Å². The van der Waals surface area contributed by atoms with E-state index in [-0.39, 0.29) is 30.5 Å². The lowest BCUT2D eigenvalue weighted by Crippen LogP contribution is -2.46. The van der Waals surface area contributed by atoms with Crippen LogP contribution in [0, 0.1) is 12.8 Å². The van der Waals surface area contributed by atoms with Gasteiger partial charge >= 0.3 is 12.1 Å². The van der Waals surface area contributed by atoms with Crippen molar-refractivity contribution in [1.82, 2.24) is 4.90 Å². The number of esters is 1. The van der Waals surface area contributed by atoms with Gasteiger partial charge in [0.1, 0.15) is 12.2 Å². The average Bonchev–Trinajstić information content (AvgIpc) is 2.95. The van der Waals surface area contributed by atoms with E-state index in [2.05, 4.69) is 0 Å². The third kappa shape index (κ3) is 3.70. The van der Waals surface area contributed by atoms with Crippen LogP contribution in [-0.4, -0.2) is 47.4 Å². The molecule has 2 aliphatic heterocycles. The number of cyclic esters (lactones) is 1. The van der Waals surface area contributed by atoms with Crippen molar-refractivity contribution in [2.75, 3.05) is 19.7 Å². The zero-order valence-electron chi connectivity index (χ0n) is 15.9. The first-order valence-electron chi connectivity index (χ1n) is 9.08. The molecule has 2 unspecified atom stereocenters. The summed E-state index contributed by atoms with van der Waals surface area (Å²) >= 11 is 0. The highest BCUT2D eigenvalue weighted by Crippen LogP contribution is 2.36. The molecule has 1 fully saturated rings. The number of benzene rings is 1. The number of aliphatic hydroxyl groups excluding tert-OH is 1. The molecule has 3 rings (SSSR count). The largest absolute Gasteiger partial charge is 0.457 e. The molecular formula is C20H27NO5. The fourth-order valence-corrected chi connectivity index (χ4v) is 3.85. The van der Waals surface area contributed by atoms with Crippen LogP contribution in [0.2, 0.25) is 0 Å². The first-order chi connectivity index (χ1) is 12.2. The second kappa shape index (κ2) is 6.91. The molecule has 1 amide bonds. The summed E-state index contributed by atoms with van der Waals surface area (Å²) in [5.41, 5.74) is 3.15. The van der Waals surface area contributed by atoms with E-state index in [1.54, 1.807) is 4.90 Å². The fourth-order valence-electron chi connectivity index (χ4n) is 3.85. The molecule has 1 aromatic rings. The molecule has 2 heterocycles. The van der Waals surface area contributed by atoms with Crippen LogP contribution in [0.1, 0.15) is 60.2 Å². The van der Waals surface area contributed by atoms with Crippen molar-refractivity contribution in [2.24, 2.45) is 5.92 Å². The smallest absolute Gasteiger partial charge is 0.410 e. The zero-order chi connectivity index (χ0) is 19.1. The number of hydrogen-bond acceptors (Lipinski definition) is 5. The summed E-state index contributed by atoms with van der Waals surface area (Å²) < 4.78 is 10.7. The zero-order valence-corrected chi connectivity index (χ0v) is 15.9. The molecule has 0 spiro atoms. The third-order valence-corrected chi connectivity index (χ3v) is 5.09. The van der Waals surface area contributed by atoms with Crippen LogP contribution < -0.4 is 0 Å². The van der Waals surface area contributed by atoms with Gasteiger partial charge in [-0.3, -0.25) is 0 Å². The minimum atomic E-state index is -0.556. The molecule has 26 heavy (non-hydrogen) atoms. The number of carbonyl (C=O) groups is 2. The topological polar surface area (TPSA) is 76.1 Å². The summed E-state index contributed by atoms with van der Waals surface area (Å²) in [6.45, 7) is 8.90. The normalized spacial score (nSPS) is 22.8. The molecule has 1 saturated heterocycles. The van der Waals surface area contributed by atoms with Crippen LogP contribution in [-0.2, 0) is 16.1 Å². The Morgan fingerprint density at radius 2 is 2.08 bits per heavy atom. The lowest BCUT2D eigenvalue weighted by atomic mass is 9.81. The summed E-state index contributed by atoms with van der Waals surface area (Å²) in [5, 5.41) is 9.70. The van der Waals surface area contributed by atoms with Crippen molar-refractivity contribution >= 4 is 12.1 Å². The second-order valence-corrected chi connectivity index (χ2v) is 8.25. The van der Waals surface area contributed by atoms with Crippen molar-refractivity contribution in [3.63, 3.8) is 0 Å². The second-order valence-electron chi connectivity index (χ2n) is 8.25. The summed E-state index contributed by atoms with van der Waals surface area (Å²) in [4.78, 5) is 26.0. The number of hydrogen-bond donors (Lipinski definition) is 1. The quantitative estimate of drug-likeness (QED) is 0.820. The summed E-state index contributed by atoms with van der Waals surface area (Å²) in [6.07, 6.45) is 0.447. The van der Waals surface area contributed by atoms with Gasteiger partial charge in [0.25, 0.3) is 0 Å². The predicted molar refractivity (Wildman–Crippen MR) is 96.0 cm³/mol. The van der Waals surface area contributed by atoms with Crippen molar-refractivity contribution in [3.05, 3.63) is 34.4 Å². The van der Waals surface area contributed by atoms with Gasteiger partial charge in [0.15, 0.2) is 0 Å². The first-order valence-corrected chi connectivity index (χ1v) is 9.08. The highest BCUT2D eigenvalue weighted by Gasteiger charge is 2.35. The van der Waals surface area contributed by atoms with Crippen LogP contribution in [0.5, 0.6) is 0 Å². The summed E-state index contributed by atoms with van der Waals surface area (Å²) in [5.74, 6) is -0.178. The van der Waals surface area contributed by atoms with Crippen LogP contribution in [0.3, 0.4) is 0 Å². The van der Waals surface area contributed by atoms with Gasteiger partial charge in [-0.1, -0.05) is 6.07 Å². The molecule has 0 radical (unpaired) electrons. The number of nitrogens with zero attached hydrogens (tertiary/aromatic N) is 1. The number of ether oxygens (including phenoxy) is 2. The molecule has 1 aromatic carbocycles. The van der Waals surface area contributed by atoms with Crippen molar-refractivity contribution in [3.8, 4) is 0 Å². The first kappa shape index (κ1) is 18.7. The average molecular weight is 361 g/mol. The molecule has 0 bridgehead atoms. The Kier molecular flexibility index (Phi) is 4.97. The number of carbonyl (C=O) groups excluding carboxylic acids is 2. The molecule has 1 N–H and O–H groups in total. The van der Waals surface area contributed by atoms with E-state index in [0.29, 0.717) is 25.3 Å². The predicted octanol–water partition coefficient (Wildman–Crippen LogP) is 3.00. The molecule has 0 aromatic heterocycles. The van der Waals surface area contributed by atoms with Crippen LogP contribution in [0.25, 0.3) is 0 Å². The number of aliphatic hydroxyl groups is 1. The molecule has 0 aliphatic carbocycles. The highest BCUT2D eigenvalue weighted by atomic mass is 16.6. The Hall–Kier alpha value is -2.08. The molecule has 6 nitrogen and oxygen atoms in total. The standard InChI is InChI=1S/C20H27NO5/c1-12-15(5-6-16-17(12)11-25-18(16)23)14-7-13(10-22)8-21(9-14)19(24)26-20(2,3)4/h5-6,13-14,22H,7-11H2,1-4H3. The van der Waals surface area contributed by atoms with E-state index < -0.39 is 5.60 Å². The van der Waals surface area contributed by atoms with E-state index in [9.17, 15) is 14.7 Å². The Morgan fingerprint density at radius 1 is 1.35 bits per heavy atom. The molecule has 2 aliphatic rings. The van der Waals surface area contributed by atoms with E-state index >= 15 is 0 Å². The number of likely N-dealkylation sites (tertiary alicyclic amines) is 1. The highest BCUT2D eigenvalue weighted by molar-refractivity contribution is 5.94. The van der Waals surface area contributed by atoms with Gasteiger partial charge in [-0.05, 0) is 51.3 Å². The monoisotopic (exact) mass is 361 g/mol. The summed E-state index contributed by atoms with van der Waals surface area (Å²) in [7, 11) is 0.